The van der Waals surface area contributed by atoms with Crippen molar-refractivity contribution in [3.05, 3.63) is 93.0 Å². The molecule has 0 fully saturated rings. The van der Waals surface area contributed by atoms with Crippen molar-refractivity contribution in [2.45, 2.75) is 6.92 Å². The molecular weight excluding hydrogens is 400 g/mol. The van der Waals surface area contributed by atoms with Gasteiger partial charge in [-0.25, -0.2) is 0 Å². The summed E-state index contributed by atoms with van der Waals surface area (Å²) in [4.78, 5) is 36.4. The highest BCUT2D eigenvalue weighted by Gasteiger charge is 2.23. The lowest BCUT2D eigenvalue weighted by molar-refractivity contribution is -0.384. The number of aryl methyl sites for hydroxylation is 1. The molecule has 0 saturated carbocycles. The van der Waals surface area contributed by atoms with Crippen molar-refractivity contribution in [3.63, 3.8) is 0 Å². The molecule has 3 aromatic carbocycles. The number of fused-ring (bicyclic) bond motifs is 1. The third kappa shape index (κ3) is 4.23. The Balaban J connectivity index is 1.72. The number of hydrogen-bond acceptors (Lipinski definition) is 6. The smallest absolute Gasteiger partial charge is 0.270 e. The Morgan fingerprint density at radius 2 is 1.61 bits per heavy atom. The van der Waals surface area contributed by atoms with E-state index in [9.17, 15) is 19.7 Å². The lowest BCUT2D eigenvalue weighted by Gasteiger charge is -2.21. The van der Waals surface area contributed by atoms with E-state index in [2.05, 4.69) is 5.32 Å². The quantitative estimate of drug-likeness (QED) is 0.379. The summed E-state index contributed by atoms with van der Waals surface area (Å²) in [5.74, 6) is -0.0687. The van der Waals surface area contributed by atoms with Crippen LogP contribution in [0.25, 0.3) is 0 Å². The van der Waals surface area contributed by atoms with Crippen molar-refractivity contribution in [1.82, 2.24) is 0 Å². The molecule has 1 N–H and O–H groups in total. The van der Waals surface area contributed by atoms with E-state index in [1.807, 2.05) is 19.1 Å². The number of benzene rings is 3. The van der Waals surface area contributed by atoms with E-state index in [0.29, 0.717) is 30.3 Å². The molecule has 0 spiro atoms. The van der Waals surface area contributed by atoms with Crippen LogP contribution in [0.15, 0.2) is 60.7 Å². The van der Waals surface area contributed by atoms with Crippen LogP contribution in [-0.4, -0.2) is 29.8 Å². The molecule has 1 aliphatic rings. The van der Waals surface area contributed by atoms with E-state index in [4.69, 9.17) is 9.47 Å². The van der Waals surface area contributed by atoms with Gasteiger partial charge in [0.05, 0.1) is 16.2 Å². The molecule has 1 heterocycles. The first-order chi connectivity index (χ1) is 14.9. The number of rotatable bonds is 5. The molecule has 156 valence electrons. The number of amides is 1. The van der Waals surface area contributed by atoms with Gasteiger partial charge in [0, 0.05) is 29.3 Å². The number of anilines is 1. The number of nitrogens with one attached hydrogen (secondary N) is 1. The molecule has 4 rings (SSSR count). The van der Waals surface area contributed by atoms with Crippen molar-refractivity contribution < 1.29 is 24.0 Å². The number of ether oxygens (including phenoxy) is 2. The van der Waals surface area contributed by atoms with Crippen LogP contribution >= 0.6 is 0 Å². The molecule has 1 aliphatic heterocycles. The fraction of sp³-hybridized carbons (Fsp3) is 0.130. The predicted molar refractivity (Wildman–Crippen MR) is 113 cm³/mol. The highest BCUT2D eigenvalue weighted by molar-refractivity contribution is 6.16. The Kier molecular flexibility index (Phi) is 5.36. The highest BCUT2D eigenvalue weighted by atomic mass is 16.6. The topological polar surface area (TPSA) is 108 Å². The van der Waals surface area contributed by atoms with Crippen molar-refractivity contribution in [2.75, 3.05) is 18.5 Å². The van der Waals surface area contributed by atoms with E-state index < -0.39 is 10.8 Å². The number of nitro benzene ring substituents is 1. The lowest BCUT2D eigenvalue weighted by Crippen LogP contribution is -2.19. The van der Waals surface area contributed by atoms with Crippen molar-refractivity contribution >= 4 is 23.1 Å². The average molecular weight is 418 g/mol. The van der Waals surface area contributed by atoms with Gasteiger partial charge in [-0.3, -0.25) is 19.7 Å². The first-order valence-electron chi connectivity index (χ1n) is 9.53. The zero-order valence-corrected chi connectivity index (χ0v) is 16.6. The maximum atomic E-state index is 13.2. The van der Waals surface area contributed by atoms with Crippen LogP contribution in [0.1, 0.15) is 31.8 Å². The van der Waals surface area contributed by atoms with E-state index in [-0.39, 0.29) is 28.3 Å². The normalized spacial score (nSPS) is 12.2. The summed E-state index contributed by atoms with van der Waals surface area (Å²) >= 11 is 0. The lowest BCUT2D eigenvalue weighted by atomic mass is 9.99. The largest absolute Gasteiger partial charge is 0.486 e. The van der Waals surface area contributed by atoms with Crippen molar-refractivity contribution in [2.24, 2.45) is 0 Å². The SMILES string of the molecule is Cc1ccc(C(=O)c2cc3c(cc2NC(=O)c2cccc([N+](=O)[O-])c2)OCCO3)cc1. The van der Waals surface area contributed by atoms with Gasteiger partial charge in [0.15, 0.2) is 17.3 Å². The Morgan fingerprint density at radius 1 is 0.935 bits per heavy atom. The van der Waals surface area contributed by atoms with Gasteiger partial charge >= 0.3 is 0 Å². The van der Waals surface area contributed by atoms with E-state index in [1.165, 1.54) is 30.3 Å². The highest BCUT2D eigenvalue weighted by Crippen LogP contribution is 2.37. The molecule has 8 nitrogen and oxygen atoms in total. The van der Waals surface area contributed by atoms with Crippen LogP contribution in [0.5, 0.6) is 11.5 Å². The summed E-state index contributed by atoms with van der Waals surface area (Å²) < 4.78 is 11.2. The summed E-state index contributed by atoms with van der Waals surface area (Å²) in [5, 5.41) is 13.7. The van der Waals surface area contributed by atoms with Gasteiger partial charge in [-0.1, -0.05) is 35.9 Å². The van der Waals surface area contributed by atoms with Gasteiger partial charge in [0.1, 0.15) is 13.2 Å². The molecule has 31 heavy (non-hydrogen) atoms. The molecule has 3 aromatic rings. The molecule has 0 radical (unpaired) electrons. The number of carbonyl (C=O) groups excluding carboxylic acids is 2. The van der Waals surface area contributed by atoms with Gasteiger partial charge in [0.2, 0.25) is 0 Å². The first kappa shape index (κ1) is 20.1. The van der Waals surface area contributed by atoms with Gasteiger partial charge < -0.3 is 14.8 Å². The molecular formula is C23H18N2O6. The third-order valence-corrected chi connectivity index (χ3v) is 4.81. The fourth-order valence-electron chi connectivity index (χ4n) is 3.20. The molecule has 0 atom stereocenters. The van der Waals surface area contributed by atoms with Gasteiger partial charge in [-0.15, -0.1) is 0 Å². The number of hydrogen-bond donors (Lipinski definition) is 1. The number of ketones is 1. The summed E-state index contributed by atoms with van der Waals surface area (Å²) in [6, 6.07) is 15.5. The van der Waals surface area contributed by atoms with Gasteiger partial charge in [0.25, 0.3) is 11.6 Å². The minimum absolute atomic E-state index is 0.0952. The zero-order chi connectivity index (χ0) is 22.0. The number of carbonyl (C=O) groups is 2. The first-order valence-corrected chi connectivity index (χ1v) is 9.53. The Hall–Kier alpha value is -4.20. The van der Waals surface area contributed by atoms with E-state index >= 15 is 0 Å². The molecule has 1 amide bonds. The van der Waals surface area contributed by atoms with Gasteiger partial charge in [-0.05, 0) is 19.1 Å². The Bertz CT molecular complexity index is 1190. The van der Waals surface area contributed by atoms with Crippen LogP contribution in [-0.2, 0) is 0 Å². The predicted octanol–water partition coefficient (Wildman–Crippen LogP) is 4.16. The van der Waals surface area contributed by atoms with Crippen LogP contribution in [0, 0.1) is 17.0 Å². The number of nitro groups is 1. The Morgan fingerprint density at radius 3 is 2.29 bits per heavy atom. The average Bonchev–Trinajstić information content (AvgIpc) is 2.78. The number of nitrogens with zero attached hydrogens (tertiary/aromatic N) is 1. The van der Waals surface area contributed by atoms with Crippen LogP contribution in [0.4, 0.5) is 11.4 Å². The zero-order valence-electron chi connectivity index (χ0n) is 16.6. The minimum Gasteiger partial charge on any atom is -0.486 e. The Labute approximate surface area is 177 Å². The maximum absolute atomic E-state index is 13.2. The molecule has 0 aliphatic carbocycles. The van der Waals surface area contributed by atoms with E-state index in [0.717, 1.165) is 5.56 Å². The molecule has 8 heteroatoms. The summed E-state index contributed by atoms with van der Waals surface area (Å²) in [5.41, 5.74) is 1.81. The second kappa shape index (κ2) is 8.27. The molecule has 0 saturated heterocycles. The van der Waals surface area contributed by atoms with Crippen LogP contribution < -0.4 is 14.8 Å². The molecule has 0 unspecified atom stereocenters. The summed E-state index contributed by atoms with van der Waals surface area (Å²) in [6.07, 6.45) is 0. The van der Waals surface area contributed by atoms with Crippen LogP contribution in [0.3, 0.4) is 0 Å². The monoisotopic (exact) mass is 418 g/mol. The number of non-ortho nitro benzene ring substituents is 1. The second-order valence-electron chi connectivity index (χ2n) is 7.00. The molecule has 0 bridgehead atoms. The molecule has 0 aromatic heterocycles. The van der Waals surface area contributed by atoms with Crippen molar-refractivity contribution in [1.29, 1.82) is 0 Å². The van der Waals surface area contributed by atoms with Crippen molar-refractivity contribution in [3.8, 4) is 11.5 Å². The summed E-state index contributed by atoms with van der Waals surface area (Å²) in [6.45, 7) is 2.62. The van der Waals surface area contributed by atoms with E-state index in [1.54, 1.807) is 18.2 Å². The third-order valence-electron chi connectivity index (χ3n) is 4.81. The summed E-state index contributed by atoms with van der Waals surface area (Å²) in [7, 11) is 0. The standard InChI is InChI=1S/C23H18N2O6/c1-14-5-7-15(8-6-14)22(26)18-12-20-21(31-10-9-30-20)13-19(18)24-23(27)16-3-2-4-17(11-16)25(28)29/h2-8,11-13H,9-10H2,1H3,(H,24,27). The fourth-order valence-corrected chi connectivity index (χ4v) is 3.20. The second-order valence-corrected chi connectivity index (χ2v) is 7.00. The minimum atomic E-state index is -0.585. The van der Waals surface area contributed by atoms with Crippen LogP contribution in [0.2, 0.25) is 0 Å². The maximum Gasteiger partial charge on any atom is 0.270 e. The van der Waals surface area contributed by atoms with Gasteiger partial charge in [-0.2, -0.15) is 0 Å².